The van der Waals surface area contributed by atoms with Gasteiger partial charge in [0, 0.05) is 11.1 Å². The molecule has 0 saturated carbocycles. The van der Waals surface area contributed by atoms with Crippen LogP contribution < -0.4 is 26.8 Å². The topological polar surface area (TPSA) is 158 Å². The Labute approximate surface area is 185 Å². The highest BCUT2D eigenvalue weighted by Gasteiger charge is 2.31. The van der Waals surface area contributed by atoms with Crippen molar-refractivity contribution in [3.8, 4) is 23.8 Å². The monoisotopic (exact) mass is 424 g/mol. The van der Waals surface area contributed by atoms with Gasteiger partial charge in [-0.2, -0.15) is 10.5 Å². The van der Waals surface area contributed by atoms with Crippen molar-refractivity contribution in [1.29, 1.82) is 10.5 Å². The lowest BCUT2D eigenvalue weighted by molar-refractivity contribution is 0.473. The van der Waals surface area contributed by atoms with Crippen molar-refractivity contribution in [1.82, 2.24) is 10.3 Å². The maximum Gasteiger partial charge on any atom is 0.211 e. The van der Waals surface area contributed by atoms with Gasteiger partial charge in [0.25, 0.3) is 0 Å². The summed E-state index contributed by atoms with van der Waals surface area (Å²) in [5, 5.41) is 24.0. The normalized spacial score (nSPS) is 14.2. The summed E-state index contributed by atoms with van der Waals surface area (Å²) in [5.74, 6) is 1.73. The SMILES string of the molecule is Cc1ccc(Oc2ccccc2C2N=C(NC#N)Nc3nc(N)c(C#N)c(N)c32)cc1C. The van der Waals surface area contributed by atoms with E-state index in [-0.39, 0.29) is 23.0 Å². The number of nitrogens with two attached hydrogens (primary N) is 2. The number of anilines is 3. The van der Waals surface area contributed by atoms with Crippen LogP contribution in [0.2, 0.25) is 0 Å². The minimum absolute atomic E-state index is 0.00660. The second-order valence-electron chi connectivity index (χ2n) is 7.29. The Balaban J connectivity index is 1.87. The molecule has 1 atom stereocenters. The number of rotatable bonds is 3. The molecule has 3 aromatic rings. The number of guanidine groups is 1. The highest BCUT2D eigenvalue weighted by molar-refractivity contribution is 5.98. The number of nitrogens with zero attached hydrogens (tertiary/aromatic N) is 4. The molecule has 0 bridgehead atoms. The lowest BCUT2D eigenvalue weighted by Gasteiger charge is -2.27. The van der Waals surface area contributed by atoms with E-state index in [2.05, 4.69) is 20.6 Å². The zero-order valence-corrected chi connectivity index (χ0v) is 17.5. The summed E-state index contributed by atoms with van der Waals surface area (Å²) in [6.45, 7) is 4.05. The highest BCUT2D eigenvalue weighted by atomic mass is 16.5. The van der Waals surface area contributed by atoms with Crippen molar-refractivity contribution in [3.05, 3.63) is 70.3 Å². The van der Waals surface area contributed by atoms with Gasteiger partial charge >= 0.3 is 0 Å². The molecule has 9 heteroatoms. The molecule has 6 N–H and O–H groups in total. The molecule has 1 aromatic heterocycles. The van der Waals surface area contributed by atoms with Gasteiger partial charge in [-0.1, -0.05) is 24.3 Å². The van der Waals surface area contributed by atoms with Gasteiger partial charge in [-0.15, -0.1) is 0 Å². The third-order valence-electron chi connectivity index (χ3n) is 5.28. The van der Waals surface area contributed by atoms with E-state index in [0.29, 0.717) is 28.4 Å². The highest BCUT2D eigenvalue weighted by Crippen LogP contribution is 2.43. The Hall–Kier alpha value is -4.76. The molecule has 2 heterocycles. The van der Waals surface area contributed by atoms with Crippen LogP contribution in [0.15, 0.2) is 47.5 Å². The van der Waals surface area contributed by atoms with Crippen molar-refractivity contribution in [2.75, 3.05) is 16.8 Å². The summed E-state index contributed by atoms with van der Waals surface area (Å²) in [6, 6.07) is 14.5. The first-order valence-corrected chi connectivity index (χ1v) is 9.75. The Kier molecular flexibility index (Phi) is 5.24. The molecule has 1 aliphatic rings. The second kappa shape index (κ2) is 8.17. The van der Waals surface area contributed by atoms with E-state index in [9.17, 15) is 5.26 Å². The smallest absolute Gasteiger partial charge is 0.211 e. The lowest BCUT2D eigenvalue weighted by atomic mass is 9.94. The van der Waals surface area contributed by atoms with Crippen LogP contribution in [0, 0.1) is 36.6 Å². The van der Waals surface area contributed by atoms with Crippen molar-refractivity contribution >= 4 is 23.3 Å². The zero-order chi connectivity index (χ0) is 22.8. The van der Waals surface area contributed by atoms with E-state index in [1.807, 2.05) is 68.6 Å². The number of hydrogen-bond acceptors (Lipinski definition) is 9. The van der Waals surface area contributed by atoms with E-state index >= 15 is 0 Å². The van der Waals surface area contributed by atoms with Gasteiger partial charge in [0.15, 0.2) is 6.19 Å². The second-order valence-corrected chi connectivity index (χ2v) is 7.29. The van der Waals surface area contributed by atoms with E-state index in [1.54, 1.807) is 0 Å². The van der Waals surface area contributed by atoms with Crippen LogP contribution in [-0.4, -0.2) is 10.9 Å². The van der Waals surface area contributed by atoms with Gasteiger partial charge in [-0.3, -0.25) is 5.32 Å². The first kappa shape index (κ1) is 20.5. The van der Waals surface area contributed by atoms with Gasteiger partial charge in [0.05, 0.1) is 5.69 Å². The summed E-state index contributed by atoms with van der Waals surface area (Å²) < 4.78 is 6.20. The predicted octanol–water partition coefficient (Wildman–Crippen LogP) is 3.47. The number of aryl methyl sites for hydroxylation is 2. The third-order valence-corrected chi connectivity index (χ3v) is 5.28. The average Bonchev–Trinajstić information content (AvgIpc) is 2.76. The Bertz CT molecular complexity index is 1330. The van der Waals surface area contributed by atoms with Gasteiger partial charge in [-0.05, 0) is 43.2 Å². The van der Waals surface area contributed by atoms with Crippen LogP contribution in [0.25, 0.3) is 0 Å². The minimum atomic E-state index is -0.690. The molecule has 32 heavy (non-hydrogen) atoms. The van der Waals surface area contributed by atoms with Gasteiger partial charge in [0.2, 0.25) is 5.96 Å². The number of nitriles is 2. The van der Waals surface area contributed by atoms with Crippen LogP contribution in [-0.2, 0) is 0 Å². The molecule has 0 radical (unpaired) electrons. The summed E-state index contributed by atoms with van der Waals surface area (Å²) in [4.78, 5) is 8.89. The fourth-order valence-electron chi connectivity index (χ4n) is 3.51. The number of aliphatic imine (C=N–C) groups is 1. The van der Waals surface area contributed by atoms with Gasteiger partial charge in [-0.25, -0.2) is 9.98 Å². The maximum absolute atomic E-state index is 9.51. The number of ether oxygens (including phenoxy) is 1. The molecule has 0 amide bonds. The molecule has 2 aromatic carbocycles. The number of para-hydroxylation sites is 1. The van der Waals surface area contributed by atoms with Crippen molar-refractivity contribution in [2.45, 2.75) is 19.9 Å². The fraction of sp³-hybridized carbons (Fsp3) is 0.130. The molecule has 9 nitrogen and oxygen atoms in total. The number of benzene rings is 2. The molecule has 0 saturated heterocycles. The van der Waals surface area contributed by atoms with E-state index in [4.69, 9.17) is 21.5 Å². The fourth-order valence-corrected chi connectivity index (χ4v) is 3.51. The number of nitrogen functional groups attached to an aromatic ring is 2. The molecular formula is C23H20N8O. The largest absolute Gasteiger partial charge is 0.457 e. The van der Waals surface area contributed by atoms with Gasteiger partial charge in [0.1, 0.15) is 40.8 Å². The molecular weight excluding hydrogens is 404 g/mol. The Morgan fingerprint density at radius 3 is 2.59 bits per heavy atom. The van der Waals surface area contributed by atoms with Gasteiger partial charge < -0.3 is 21.5 Å². The number of hydrogen-bond donors (Lipinski definition) is 4. The quantitative estimate of drug-likeness (QED) is 0.367. The maximum atomic E-state index is 9.51. The van der Waals surface area contributed by atoms with Crippen LogP contribution in [0.4, 0.5) is 17.3 Å². The Morgan fingerprint density at radius 1 is 1.09 bits per heavy atom. The summed E-state index contributed by atoms with van der Waals surface area (Å²) in [6.07, 6.45) is 1.84. The summed E-state index contributed by atoms with van der Waals surface area (Å²) in [5.41, 5.74) is 15.9. The summed E-state index contributed by atoms with van der Waals surface area (Å²) in [7, 11) is 0. The molecule has 0 fully saturated rings. The standard InChI is InChI=1S/C23H20N8O/c1-12-7-8-14(9-13(12)2)32-17-6-4-3-5-15(17)20-18-19(26)16(10-24)21(27)30-22(18)31-23(29-20)28-11-25/h3-9,20H,1-2H3,(H6,26,27,28,29,30,31). The van der Waals surface area contributed by atoms with Crippen LogP contribution in [0.3, 0.4) is 0 Å². The summed E-state index contributed by atoms with van der Waals surface area (Å²) >= 11 is 0. The van der Waals surface area contributed by atoms with Crippen LogP contribution in [0.1, 0.15) is 33.9 Å². The van der Waals surface area contributed by atoms with Crippen LogP contribution >= 0.6 is 0 Å². The molecule has 4 rings (SSSR count). The first-order valence-electron chi connectivity index (χ1n) is 9.75. The average molecular weight is 424 g/mol. The third kappa shape index (κ3) is 3.59. The number of pyridine rings is 1. The number of nitrogens with one attached hydrogen (secondary N) is 2. The molecule has 1 unspecified atom stereocenters. The van der Waals surface area contributed by atoms with Crippen LogP contribution in [0.5, 0.6) is 11.5 Å². The van der Waals surface area contributed by atoms with Crippen molar-refractivity contribution in [2.24, 2.45) is 4.99 Å². The van der Waals surface area contributed by atoms with Crippen molar-refractivity contribution < 1.29 is 4.74 Å². The van der Waals surface area contributed by atoms with E-state index in [0.717, 1.165) is 11.1 Å². The molecule has 158 valence electrons. The molecule has 0 spiro atoms. The number of fused-ring (bicyclic) bond motifs is 1. The molecule has 1 aliphatic heterocycles. The first-order chi connectivity index (χ1) is 15.4. The van der Waals surface area contributed by atoms with Crippen molar-refractivity contribution in [3.63, 3.8) is 0 Å². The number of aromatic nitrogens is 1. The Morgan fingerprint density at radius 2 is 1.88 bits per heavy atom. The predicted molar refractivity (Wildman–Crippen MR) is 122 cm³/mol. The zero-order valence-electron chi connectivity index (χ0n) is 17.5. The van der Waals surface area contributed by atoms with E-state index in [1.165, 1.54) is 0 Å². The lowest BCUT2D eigenvalue weighted by Crippen LogP contribution is -2.32. The minimum Gasteiger partial charge on any atom is -0.457 e. The molecule has 0 aliphatic carbocycles. The van der Waals surface area contributed by atoms with E-state index < -0.39 is 6.04 Å².